The Morgan fingerprint density at radius 1 is 0.917 bits per heavy atom. The number of ether oxygens (including phenoxy) is 1. The second kappa shape index (κ2) is 7.47. The zero-order valence-electron chi connectivity index (χ0n) is 13.2. The number of nitrogens with one attached hydrogen (secondary N) is 1. The molecule has 1 aliphatic rings. The molecule has 1 aliphatic carbocycles. The van der Waals surface area contributed by atoms with Crippen LogP contribution in [0.2, 0.25) is 0 Å². The van der Waals surface area contributed by atoms with E-state index in [2.05, 4.69) is 5.32 Å². The van der Waals surface area contributed by atoms with Crippen molar-refractivity contribution in [2.45, 2.75) is 37.2 Å². The molecule has 0 radical (unpaired) electrons. The average Bonchev–Trinajstić information content (AvgIpc) is 2.63. The van der Waals surface area contributed by atoms with Crippen LogP contribution in [0.3, 0.4) is 0 Å². The first kappa shape index (κ1) is 16.5. The van der Waals surface area contributed by atoms with Gasteiger partial charge in [-0.15, -0.1) is 0 Å². The molecule has 2 aromatic rings. The molecule has 126 valence electrons. The molecule has 24 heavy (non-hydrogen) atoms. The molecular weight excluding hydrogens is 306 g/mol. The van der Waals surface area contributed by atoms with Gasteiger partial charge in [0.15, 0.2) is 0 Å². The molecule has 3 rings (SSSR count). The minimum Gasteiger partial charge on any atom is -0.488 e. The van der Waals surface area contributed by atoms with Crippen molar-refractivity contribution < 1.29 is 19.7 Å². The minimum atomic E-state index is -1.07. The summed E-state index contributed by atoms with van der Waals surface area (Å²) in [6.45, 7) is 0. The summed E-state index contributed by atoms with van der Waals surface area (Å²) in [6.07, 6.45) is -1.53. The first-order chi connectivity index (χ1) is 11.6. The molecule has 0 spiro atoms. The summed E-state index contributed by atoms with van der Waals surface area (Å²) in [4.78, 5) is 12.2. The Bertz CT molecular complexity index is 662. The molecule has 5 heteroatoms. The standard InChI is InChI=1S/C19H21NO4/c21-17-15(20-19(23)13-7-3-1-4-8-13)11-12-16(18(17)22)24-14-9-5-2-6-10-14/h1-10,15-18,21-22H,11-12H2,(H,20,23)/t15-,16-,17+,18+/m1/s1. The molecule has 0 aliphatic heterocycles. The van der Waals surface area contributed by atoms with Gasteiger partial charge in [-0.2, -0.15) is 0 Å². The molecule has 0 saturated heterocycles. The molecule has 1 saturated carbocycles. The number of carbonyl (C=O) groups excluding carboxylic acids is 1. The number of hydrogen-bond acceptors (Lipinski definition) is 4. The van der Waals surface area contributed by atoms with Crippen LogP contribution in [-0.2, 0) is 0 Å². The number of para-hydroxylation sites is 1. The number of rotatable bonds is 4. The highest BCUT2D eigenvalue weighted by atomic mass is 16.5. The van der Waals surface area contributed by atoms with Crippen LogP contribution in [-0.4, -0.2) is 40.5 Å². The van der Waals surface area contributed by atoms with Crippen molar-refractivity contribution in [1.82, 2.24) is 5.32 Å². The van der Waals surface area contributed by atoms with Gasteiger partial charge in [0.1, 0.15) is 24.1 Å². The van der Waals surface area contributed by atoms with E-state index in [4.69, 9.17) is 4.74 Å². The highest BCUT2D eigenvalue weighted by Gasteiger charge is 2.39. The summed E-state index contributed by atoms with van der Waals surface area (Å²) in [5.41, 5.74) is 0.529. The topological polar surface area (TPSA) is 78.8 Å². The molecule has 0 heterocycles. The Morgan fingerprint density at radius 2 is 1.54 bits per heavy atom. The molecule has 2 aromatic carbocycles. The Morgan fingerprint density at radius 3 is 2.21 bits per heavy atom. The van der Waals surface area contributed by atoms with Gasteiger partial charge in [-0.1, -0.05) is 36.4 Å². The maximum Gasteiger partial charge on any atom is 0.251 e. The third-order valence-electron chi connectivity index (χ3n) is 4.29. The maximum atomic E-state index is 12.2. The van der Waals surface area contributed by atoms with Gasteiger partial charge in [-0.25, -0.2) is 0 Å². The highest BCUT2D eigenvalue weighted by molar-refractivity contribution is 5.94. The summed E-state index contributed by atoms with van der Waals surface area (Å²) in [5, 5.41) is 23.5. The number of benzene rings is 2. The SMILES string of the molecule is O=C(N[C@@H]1CC[C@@H](Oc2ccccc2)[C@H](O)[C@H]1O)c1ccccc1. The largest absolute Gasteiger partial charge is 0.488 e. The first-order valence-electron chi connectivity index (χ1n) is 8.09. The number of amides is 1. The van der Waals surface area contributed by atoms with Crippen molar-refractivity contribution in [2.75, 3.05) is 0 Å². The van der Waals surface area contributed by atoms with E-state index >= 15 is 0 Å². The van der Waals surface area contributed by atoms with Crippen molar-refractivity contribution in [3.63, 3.8) is 0 Å². The molecular formula is C19H21NO4. The third-order valence-corrected chi connectivity index (χ3v) is 4.29. The summed E-state index contributed by atoms with van der Waals surface area (Å²) in [6, 6.07) is 17.5. The zero-order valence-corrected chi connectivity index (χ0v) is 13.2. The van der Waals surface area contributed by atoms with E-state index < -0.39 is 24.4 Å². The lowest BCUT2D eigenvalue weighted by molar-refractivity contribution is -0.0874. The lowest BCUT2D eigenvalue weighted by atomic mass is 9.87. The van der Waals surface area contributed by atoms with Crippen LogP contribution in [0, 0.1) is 0 Å². The first-order valence-corrected chi connectivity index (χ1v) is 8.09. The Hall–Kier alpha value is -2.37. The van der Waals surface area contributed by atoms with Crippen molar-refractivity contribution in [3.05, 3.63) is 66.2 Å². The van der Waals surface area contributed by atoms with Crippen molar-refractivity contribution >= 4 is 5.91 Å². The second-order valence-corrected chi connectivity index (χ2v) is 5.97. The van der Waals surface area contributed by atoms with Gasteiger partial charge in [0.25, 0.3) is 5.91 Å². The summed E-state index contributed by atoms with van der Waals surface area (Å²) < 4.78 is 5.75. The summed E-state index contributed by atoms with van der Waals surface area (Å²) in [7, 11) is 0. The van der Waals surface area contributed by atoms with E-state index in [-0.39, 0.29) is 5.91 Å². The highest BCUT2D eigenvalue weighted by Crippen LogP contribution is 2.25. The molecule has 4 atom stereocenters. The van der Waals surface area contributed by atoms with E-state index in [9.17, 15) is 15.0 Å². The predicted octanol–water partition coefficient (Wildman–Crippen LogP) is 1.75. The van der Waals surface area contributed by atoms with E-state index in [0.717, 1.165) is 0 Å². The van der Waals surface area contributed by atoms with Gasteiger partial charge in [-0.3, -0.25) is 4.79 Å². The smallest absolute Gasteiger partial charge is 0.251 e. The van der Waals surface area contributed by atoms with Crippen molar-refractivity contribution in [1.29, 1.82) is 0 Å². The van der Waals surface area contributed by atoms with Gasteiger partial charge < -0.3 is 20.3 Å². The molecule has 0 unspecified atom stereocenters. The van der Waals surface area contributed by atoms with E-state index in [0.29, 0.717) is 24.2 Å². The van der Waals surface area contributed by atoms with E-state index in [1.165, 1.54) is 0 Å². The fourth-order valence-corrected chi connectivity index (χ4v) is 2.94. The fraction of sp³-hybridized carbons (Fsp3) is 0.316. The van der Waals surface area contributed by atoms with E-state index in [1.54, 1.807) is 24.3 Å². The maximum absolute atomic E-state index is 12.2. The number of hydrogen-bond donors (Lipinski definition) is 3. The predicted molar refractivity (Wildman–Crippen MR) is 89.8 cm³/mol. The molecule has 3 N–H and O–H groups in total. The molecule has 1 fully saturated rings. The van der Waals surface area contributed by atoms with Crippen LogP contribution in [0.15, 0.2) is 60.7 Å². The van der Waals surface area contributed by atoms with Crippen LogP contribution in [0.25, 0.3) is 0 Å². The van der Waals surface area contributed by atoms with Crippen LogP contribution in [0.1, 0.15) is 23.2 Å². The number of carbonyl (C=O) groups is 1. The normalized spacial score (nSPS) is 26.6. The van der Waals surface area contributed by atoms with E-state index in [1.807, 2.05) is 36.4 Å². The van der Waals surface area contributed by atoms with Crippen LogP contribution < -0.4 is 10.1 Å². The van der Waals surface area contributed by atoms with Gasteiger partial charge >= 0.3 is 0 Å². The zero-order chi connectivity index (χ0) is 16.9. The molecule has 0 aromatic heterocycles. The number of aliphatic hydroxyl groups is 2. The Balaban J connectivity index is 1.60. The molecule has 1 amide bonds. The average molecular weight is 327 g/mol. The minimum absolute atomic E-state index is 0.255. The summed E-state index contributed by atoms with van der Waals surface area (Å²) in [5.74, 6) is 0.398. The fourth-order valence-electron chi connectivity index (χ4n) is 2.94. The van der Waals surface area contributed by atoms with Crippen LogP contribution in [0.5, 0.6) is 5.75 Å². The Labute approximate surface area is 140 Å². The van der Waals surface area contributed by atoms with Gasteiger partial charge in [0, 0.05) is 5.56 Å². The summed E-state index contributed by atoms with van der Waals surface area (Å²) >= 11 is 0. The molecule has 0 bridgehead atoms. The monoisotopic (exact) mass is 327 g/mol. The second-order valence-electron chi connectivity index (χ2n) is 5.97. The number of aliphatic hydroxyl groups excluding tert-OH is 2. The molecule has 5 nitrogen and oxygen atoms in total. The van der Waals surface area contributed by atoms with Gasteiger partial charge in [-0.05, 0) is 37.1 Å². The lowest BCUT2D eigenvalue weighted by Gasteiger charge is -2.37. The van der Waals surface area contributed by atoms with Crippen LogP contribution in [0.4, 0.5) is 0 Å². The Kier molecular flexibility index (Phi) is 5.13. The van der Waals surface area contributed by atoms with Gasteiger partial charge in [0.2, 0.25) is 0 Å². The van der Waals surface area contributed by atoms with Crippen molar-refractivity contribution in [3.8, 4) is 5.75 Å². The van der Waals surface area contributed by atoms with Crippen LogP contribution >= 0.6 is 0 Å². The third kappa shape index (κ3) is 3.75. The lowest BCUT2D eigenvalue weighted by Crippen LogP contribution is -2.57. The quantitative estimate of drug-likeness (QED) is 0.799. The van der Waals surface area contributed by atoms with Crippen molar-refractivity contribution in [2.24, 2.45) is 0 Å². The van der Waals surface area contributed by atoms with Gasteiger partial charge in [0.05, 0.1) is 6.04 Å².